The predicted molar refractivity (Wildman–Crippen MR) is 93.4 cm³/mol. The second-order valence-corrected chi connectivity index (χ2v) is 6.44. The molecule has 0 atom stereocenters. The number of thiazole rings is 1. The minimum absolute atomic E-state index is 0.00358. The van der Waals surface area contributed by atoms with Gasteiger partial charge in [-0.3, -0.25) is 0 Å². The zero-order chi connectivity index (χ0) is 18.0. The summed E-state index contributed by atoms with van der Waals surface area (Å²) in [7, 11) is 2.54. The minimum atomic E-state index is -0.614. The van der Waals surface area contributed by atoms with Gasteiger partial charge in [-0.1, -0.05) is 6.92 Å². The molecule has 0 fully saturated rings. The van der Waals surface area contributed by atoms with E-state index in [0.717, 1.165) is 27.3 Å². The van der Waals surface area contributed by atoms with E-state index in [0.29, 0.717) is 0 Å². The molecule has 0 radical (unpaired) electrons. The molecule has 1 aliphatic rings. The number of benzene rings is 1. The summed E-state index contributed by atoms with van der Waals surface area (Å²) in [5, 5.41) is 1.04. The van der Waals surface area contributed by atoms with Gasteiger partial charge in [-0.2, -0.15) is 0 Å². The van der Waals surface area contributed by atoms with Crippen molar-refractivity contribution in [2.24, 2.45) is 0 Å². The number of hydrogen-bond donors (Lipinski definition) is 0. The van der Waals surface area contributed by atoms with Crippen LogP contribution in [-0.4, -0.2) is 44.5 Å². The molecule has 0 saturated heterocycles. The van der Waals surface area contributed by atoms with E-state index in [9.17, 15) is 9.59 Å². The quantitative estimate of drug-likeness (QED) is 0.772. The van der Waals surface area contributed by atoms with Crippen molar-refractivity contribution < 1.29 is 23.8 Å². The largest absolute Gasteiger partial charge is 0.466 e. The summed E-state index contributed by atoms with van der Waals surface area (Å²) in [6, 6.07) is 5.66. The Morgan fingerprint density at radius 2 is 2.04 bits per heavy atom. The van der Waals surface area contributed by atoms with Crippen molar-refractivity contribution in [2.45, 2.75) is 13.3 Å². The zero-order valence-corrected chi connectivity index (χ0v) is 15.0. The Balaban J connectivity index is 2.09. The topological polar surface area (TPSA) is 78.0 Å². The molecule has 7 nitrogen and oxygen atoms in total. The first kappa shape index (κ1) is 17.4. The van der Waals surface area contributed by atoms with E-state index in [-0.39, 0.29) is 24.6 Å². The number of anilines is 1. The third-order valence-corrected chi connectivity index (χ3v) is 5.03. The van der Waals surface area contributed by atoms with Crippen LogP contribution in [0.3, 0.4) is 0 Å². The molecule has 2 heterocycles. The first-order valence-electron chi connectivity index (χ1n) is 7.73. The van der Waals surface area contributed by atoms with Crippen molar-refractivity contribution >= 4 is 39.2 Å². The Hall–Kier alpha value is -2.45. The average molecular weight is 362 g/mol. The minimum Gasteiger partial charge on any atom is -0.466 e. The summed E-state index contributed by atoms with van der Waals surface area (Å²) >= 11 is 1.60. The van der Waals surface area contributed by atoms with Gasteiger partial charge in [-0.25, -0.2) is 14.6 Å². The average Bonchev–Trinajstić information content (AvgIpc) is 3.08. The summed E-state index contributed by atoms with van der Waals surface area (Å²) in [5.74, 6) is -1.22. The number of carbonyl (C=O) groups excluding carboxylic acids is 2. The van der Waals surface area contributed by atoms with Crippen LogP contribution in [0.25, 0.3) is 10.2 Å². The second kappa shape index (κ2) is 7.20. The van der Waals surface area contributed by atoms with Gasteiger partial charge < -0.3 is 19.1 Å². The number of fused-ring (bicyclic) bond motifs is 1. The van der Waals surface area contributed by atoms with Gasteiger partial charge in [0.1, 0.15) is 12.4 Å². The molecule has 1 aromatic heterocycles. The lowest BCUT2D eigenvalue weighted by Gasteiger charge is -2.31. The predicted octanol–water partition coefficient (Wildman–Crippen LogP) is 2.25. The maximum atomic E-state index is 12.3. The Labute approximate surface area is 148 Å². The fourth-order valence-electron chi connectivity index (χ4n) is 2.63. The Morgan fingerprint density at radius 3 is 2.72 bits per heavy atom. The highest BCUT2D eigenvalue weighted by Crippen LogP contribution is 2.31. The Kier molecular flexibility index (Phi) is 5.00. The van der Waals surface area contributed by atoms with Crippen molar-refractivity contribution in [1.29, 1.82) is 0 Å². The van der Waals surface area contributed by atoms with Crippen LogP contribution in [-0.2, 0) is 30.2 Å². The lowest BCUT2D eigenvalue weighted by Crippen LogP contribution is -2.38. The Morgan fingerprint density at radius 1 is 1.28 bits per heavy atom. The van der Waals surface area contributed by atoms with Crippen LogP contribution in [0.2, 0.25) is 0 Å². The standard InChI is InChI=1S/C17H18N2O5S/c1-4-14-18-12-6-5-10(7-13(12)25-14)19-9-24-8-11(16(20)22-2)15(19)17(21)23-3/h5-7H,4,8-9H2,1-3H3. The number of aromatic nitrogens is 1. The lowest BCUT2D eigenvalue weighted by atomic mass is 10.1. The molecule has 3 rings (SSSR count). The molecule has 0 aliphatic carbocycles. The molecule has 2 aromatic rings. The number of aryl methyl sites for hydroxylation is 1. The zero-order valence-electron chi connectivity index (χ0n) is 14.2. The normalized spacial score (nSPS) is 14.8. The van der Waals surface area contributed by atoms with Gasteiger partial charge in [-0.15, -0.1) is 11.3 Å². The fraction of sp³-hybridized carbons (Fsp3) is 0.353. The van der Waals surface area contributed by atoms with Crippen LogP contribution in [0, 0.1) is 0 Å². The number of esters is 2. The molecule has 0 bridgehead atoms. The first-order chi connectivity index (χ1) is 12.1. The smallest absolute Gasteiger partial charge is 0.355 e. The molecule has 1 aromatic carbocycles. The van der Waals surface area contributed by atoms with E-state index in [2.05, 4.69) is 11.9 Å². The highest BCUT2D eigenvalue weighted by molar-refractivity contribution is 7.18. The van der Waals surface area contributed by atoms with E-state index in [1.54, 1.807) is 16.2 Å². The number of carbonyl (C=O) groups is 2. The molecule has 0 saturated carbocycles. The maximum Gasteiger partial charge on any atom is 0.355 e. The van der Waals surface area contributed by atoms with Crippen LogP contribution in [0.15, 0.2) is 29.5 Å². The van der Waals surface area contributed by atoms with E-state index in [1.165, 1.54) is 14.2 Å². The maximum absolute atomic E-state index is 12.3. The summed E-state index contributed by atoms with van der Waals surface area (Å²) in [6.07, 6.45) is 0.862. The van der Waals surface area contributed by atoms with Crippen molar-refractivity contribution in [1.82, 2.24) is 4.98 Å². The fourth-order valence-corrected chi connectivity index (χ4v) is 3.57. The van der Waals surface area contributed by atoms with Crippen molar-refractivity contribution in [2.75, 3.05) is 32.5 Å². The molecule has 0 amide bonds. The molecular formula is C17H18N2O5S. The van der Waals surface area contributed by atoms with Crippen LogP contribution < -0.4 is 4.90 Å². The number of hydrogen-bond acceptors (Lipinski definition) is 8. The van der Waals surface area contributed by atoms with Gasteiger partial charge in [0.2, 0.25) is 0 Å². The van der Waals surface area contributed by atoms with Crippen LogP contribution in [0.5, 0.6) is 0 Å². The number of nitrogens with zero attached hydrogens (tertiary/aromatic N) is 2. The van der Waals surface area contributed by atoms with Crippen LogP contribution in [0.4, 0.5) is 5.69 Å². The monoisotopic (exact) mass is 362 g/mol. The highest BCUT2D eigenvalue weighted by Gasteiger charge is 2.32. The van der Waals surface area contributed by atoms with E-state index in [1.807, 2.05) is 18.2 Å². The molecule has 0 spiro atoms. The molecular weight excluding hydrogens is 344 g/mol. The molecule has 8 heteroatoms. The van der Waals surface area contributed by atoms with Crippen molar-refractivity contribution in [3.63, 3.8) is 0 Å². The van der Waals surface area contributed by atoms with Crippen LogP contribution >= 0.6 is 11.3 Å². The third kappa shape index (κ3) is 3.22. The van der Waals surface area contributed by atoms with Crippen molar-refractivity contribution in [3.05, 3.63) is 34.5 Å². The van der Waals surface area contributed by atoms with Gasteiger partial charge in [0.15, 0.2) is 0 Å². The number of rotatable bonds is 4. The van der Waals surface area contributed by atoms with Gasteiger partial charge in [0.25, 0.3) is 0 Å². The number of methoxy groups -OCH3 is 2. The van der Waals surface area contributed by atoms with Crippen molar-refractivity contribution in [3.8, 4) is 0 Å². The van der Waals surface area contributed by atoms with E-state index in [4.69, 9.17) is 14.2 Å². The molecule has 132 valence electrons. The van der Waals surface area contributed by atoms with Crippen LogP contribution in [0.1, 0.15) is 11.9 Å². The summed E-state index contributed by atoms with van der Waals surface area (Å²) in [4.78, 5) is 30.5. The SMILES string of the molecule is CCc1nc2ccc(N3COCC(C(=O)OC)=C3C(=O)OC)cc2s1. The summed E-state index contributed by atoms with van der Waals surface area (Å²) in [5.41, 5.74) is 1.90. The van der Waals surface area contributed by atoms with E-state index >= 15 is 0 Å². The lowest BCUT2D eigenvalue weighted by molar-refractivity contribution is -0.140. The van der Waals surface area contributed by atoms with Gasteiger partial charge in [0, 0.05) is 5.69 Å². The highest BCUT2D eigenvalue weighted by atomic mass is 32.1. The Bertz CT molecular complexity index is 858. The molecule has 0 unspecified atom stereocenters. The van der Waals surface area contributed by atoms with Gasteiger partial charge >= 0.3 is 11.9 Å². The summed E-state index contributed by atoms with van der Waals surface area (Å²) in [6.45, 7) is 2.18. The van der Waals surface area contributed by atoms with Gasteiger partial charge in [0.05, 0.1) is 41.6 Å². The molecule has 25 heavy (non-hydrogen) atoms. The van der Waals surface area contributed by atoms with Gasteiger partial charge in [-0.05, 0) is 24.6 Å². The number of ether oxygens (including phenoxy) is 3. The summed E-state index contributed by atoms with van der Waals surface area (Å²) < 4.78 is 16.1. The third-order valence-electron chi connectivity index (χ3n) is 3.86. The first-order valence-corrected chi connectivity index (χ1v) is 8.55. The molecule has 1 aliphatic heterocycles. The second-order valence-electron chi connectivity index (χ2n) is 5.33. The molecule has 0 N–H and O–H groups in total. The van der Waals surface area contributed by atoms with E-state index < -0.39 is 11.9 Å².